The van der Waals surface area contributed by atoms with Gasteiger partial charge in [-0.15, -0.1) is 0 Å². The molecule has 0 aromatic carbocycles. The molecular weight excluding hydrogens is 558 g/mol. The van der Waals surface area contributed by atoms with Gasteiger partial charge in [-0.2, -0.15) is 5.26 Å². The first-order valence-corrected chi connectivity index (χ1v) is 13.9. The molecule has 43 heavy (non-hydrogen) atoms. The van der Waals surface area contributed by atoms with Crippen LogP contribution in [-0.2, 0) is 38.2 Å². The number of carbonyl (C=O) groups is 5. The van der Waals surface area contributed by atoms with Crippen molar-refractivity contribution in [1.29, 1.82) is 5.26 Å². The van der Waals surface area contributed by atoms with Crippen LogP contribution in [0.1, 0.15) is 34.1 Å². The molecule has 2 aliphatic carbocycles. The standard InChI is InChI=1S/C31H33N3O9/c1-8-12(2)31(40)43-11-18-19-15(24(35)13(3)29(41-6)27(19)38)9-16-22-20-21(25(36)14(4)30(42-7)28(20)39)26(37)23(33(22)5)17(10-32)34(16)18/h8,16-18,22-23,26,37H,9,11H2,1-7H3/b12-8+/t16-,17-,18-,22-,23-,26-/m0/s1. The van der Waals surface area contributed by atoms with Crippen molar-refractivity contribution in [2.75, 3.05) is 27.9 Å². The van der Waals surface area contributed by atoms with Gasteiger partial charge in [0.15, 0.2) is 23.1 Å². The molecule has 3 aliphatic heterocycles. The molecule has 5 rings (SSSR count). The van der Waals surface area contributed by atoms with E-state index in [2.05, 4.69) is 6.07 Å². The third-order valence-corrected chi connectivity index (χ3v) is 9.39. The van der Waals surface area contributed by atoms with Crippen molar-refractivity contribution < 1.29 is 43.3 Å². The molecule has 0 spiro atoms. The Morgan fingerprint density at radius 2 is 1.58 bits per heavy atom. The Hall–Kier alpha value is -4.18. The number of esters is 1. The molecule has 12 nitrogen and oxygen atoms in total. The largest absolute Gasteiger partial charge is 0.492 e. The number of ketones is 4. The molecule has 5 aliphatic rings. The summed E-state index contributed by atoms with van der Waals surface area (Å²) in [6, 6.07) is -2.66. The molecule has 0 aromatic heterocycles. The van der Waals surface area contributed by atoms with E-state index in [0.29, 0.717) is 5.57 Å². The quantitative estimate of drug-likeness (QED) is 0.270. The van der Waals surface area contributed by atoms with Gasteiger partial charge in [0.05, 0.1) is 38.4 Å². The molecular formula is C31H33N3O9. The summed E-state index contributed by atoms with van der Waals surface area (Å²) in [5.41, 5.74) is 0.623. The molecule has 1 N–H and O–H groups in total. The maximum absolute atomic E-state index is 13.9. The minimum Gasteiger partial charge on any atom is -0.492 e. The number of fused-ring (bicyclic) bond motifs is 5. The lowest BCUT2D eigenvalue weighted by atomic mass is 9.66. The van der Waals surface area contributed by atoms with Crippen LogP contribution in [0.5, 0.6) is 0 Å². The number of aliphatic hydroxyl groups excluding tert-OH is 1. The fraction of sp³-hybridized carbons (Fsp3) is 0.484. The highest BCUT2D eigenvalue weighted by Gasteiger charge is 2.62. The molecule has 1 saturated heterocycles. The minimum absolute atomic E-state index is 0.0223. The van der Waals surface area contributed by atoms with Crippen LogP contribution in [0.25, 0.3) is 0 Å². The molecule has 2 bridgehead atoms. The van der Waals surface area contributed by atoms with Crippen LogP contribution in [-0.4, -0.2) is 108 Å². The zero-order valence-corrected chi connectivity index (χ0v) is 25.0. The summed E-state index contributed by atoms with van der Waals surface area (Å²) in [6.07, 6.45) is -0.0135. The van der Waals surface area contributed by atoms with Gasteiger partial charge in [0.1, 0.15) is 18.8 Å². The summed E-state index contributed by atoms with van der Waals surface area (Å²) in [5.74, 6) is -3.07. The highest BCUT2D eigenvalue weighted by atomic mass is 16.5. The third-order valence-electron chi connectivity index (χ3n) is 9.39. The predicted molar refractivity (Wildman–Crippen MR) is 149 cm³/mol. The summed E-state index contributed by atoms with van der Waals surface area (Å²) in [6.45, 7) is 5.77. The van der Waals surface area contributed by atoms with Crippen molar-refractivity contribution in [3.63, 3.8) is 0 Å². The first-order valence-electron chi connectivity index (χ1n) is 13.9. The average molecular weight is 592 g/mol. The Morgan fingerprint density at radius 1 is 1.00 bits per heavy atom. The Labute approximate surface area is 248 Å². The molecule has 0 amide bonds. The first kappa shape index (κ1) is 30.3. The van der Waals surface area contributed by atoms with Crippen molar-refractivity contribution >= 4 is 29.1 Å². The number of ether oxygens (including phenoxy) is 3. The molecule has 0 aromatic rings. The van der Waals surface area contributed by atoms with Gasteiger partial charge in [-0.25, -0.2) is 4.79 Å². The van der Waals surface area contributed by atoms with Crippen LogP contribution < -0.4 is 0 Å². The number of aliphatic hydroxyl groups is 1. The van der Waals surface area contributed by atoms with E-state index in [0.717, 1.165) is 0 Å². The van der Waals surface area contributed by atoms with Crippen LogP contribution >= 0.6 is 0 Å². The normalized spacial score (nSPS) is 31.6. The van der Waals surface area contributed by atoms with Crippen molar-refractivity contribution in [2.45, 2.75) is 70.4 Å². The molecule has 12 heteroatoms. The predicted octanol–water partition coefficient (Wildman–Crippen LogP) is 0.626. The Balaban J connectivity index is 1.74. The Morgan fingerprint density at radius 3 is 2.14 bits per heavy atom. The van der Waals surface area contributed by atoms with Crippen LogP contribution in [0.15, 0.2) is 56.6 Å². The van der Waals surface area contributed by atoms with Gasteiger partial charge < -0.3 is 19.3 Å². The number of Topliss-reactive ketones (excluding diaryl/α,β-unsaturated/α-hetero) is 4. The number of nitriles is 1. The molecule has 0 unspecified atom stereocenters. The van der Waals surface area contributed by atoms with Gasteiger partial charge >= 0.3 is 5.97 Å². The van der Waals surface area contributed by atoms with Gasteiger partial charge in [-0.05, 0) is 41.2 Å². The van der Waals surface area contributed by atoms with Crippen molar-refractivity contribution in [1.82, 2.24) is 9.80 Å². The highest BCUT2D eigenvalue weighted by Crippen LogP contribution is 2.49. The third kappa shape index (κ3) is 4.10. The number of likely N-dealkylation sites (N-methyl/N-ethyl adjacent to an activating group) is 1. The van der Waals surface area contributed by atoms with Crippen molar-refractivity contribution in [2.24, 2.45) is 0 Å². The van der Waals surface area contributed by atoms with E-state index < -0.39 is 72.0 Å². The molecule has 0 radical (unpaired) electrons. The topological polar surface area (TPSA) is 164 Å². The summed E-state index contributed by atoms with van der Waals surface area (Å²) in [7, 11) is 4.21. The zero-order valence-electron chi connectivity index (χ0n) is 25.0. The van der Waals surface area contributed by atoms with E-state index in [1.807, 2.05) is 0 Å². The Kier molecular flexibility index (Phi) is 7.62. The van der Waals surface area contributed by atoms with E-state index in [4.69, 9.17) is 14.2 Å². The summed E-state index contributed by atoms with van der Waals surface area (Å²) in [5, 5.41) is 22.2. The van der Waals surface area contributed by atoms with E-state index in [-0.39, 0.29) is 51.4 Å². The number of piperazine rings is 1. The summed E-state index contributed by atoms with van der Waals surface area (Å²) in [4.78, 5) is 71.0. The number of methoxy groups -OCH3 is 2. The van der Waals surface area contributed by atoms with Crippen molar-refractivity contribution in [3.8, 4) is 6.07 Å². The van der Waals surface area contributed by atoms with Crippen LogP contribution in [0.2, 0.25) is 0 Å². The number of carbonyl (C=O) groups excluding carboxylic acids is 5. The van der Waals surface area contributed by atoms with E-state index in [1.54, 1.807) is 36.8 Å². The number of nitrogens with zero attached hydrogens (tertiary/aromatic N) is 3. The van der Waals surface area contributed by atoms with Crippen molar-refractivity contribution in [3.05, 3.63) is 56.6 Å². The van der Waals surface area contributed by atoms with Gasteiger partial charge in [-0.3, -0.25) is 29.0 Å². The van der Waals surface area contributed by atoms with Crippen LogP contribution in [0.4, 0.5) is 0 Å². The number of rotatable bonds is 5. The molecule has 3 heterocycles. The van der Waals surface area contributed by atoms with E-state index in [9.17, 15) is 34.3 Å². The van der Waals surface area contributed by atoms with Crippen LogP contribution in [0.3, 0.4) is 0 Å². The zero-order chi connectivity index (χ0) is 31.7. The van der Waals surface area contributed by atoms with Gasteiger partial charge in [0.25, 0.3) is 0 Å². The van der Waals surface area contributed by atoms with Gasteiger partial charge in [0, 0.05) is 45.1 Å². The van der Waals surface area contributed by atoms with Gasteiger partial charge in [-0.1, -0.05) is 6.08 Å². The second kappa shape index (κ2) is 10.8. The number of allylic oxidation sites excluding steroid dienone is 5. The smallest absolute Gasteiger partial charge is 0.333 e. The second-order valence-corrected chi connectivity index (χ2v) is 11.3. The SMILES string of the molecule is C/C=C(\C)C(=O)OC[C@H]1C2=C(C[C@H]3[C@H]4C5=C(C(=O)C(C)=C(OC)C5=O)[C@H](O)[C@H]([C@H](C#N)N13)N4C)C(=O)C(C)=C(OC)C2=O. The fourth-order valence-corrected chi connectivity index (χ4v) is 7.24. The lowest BCUT2D eigenvalue weighted by molar-refractivity contribution is -0.145. The maximum Gasteiger partial charge on any atom is 0.333 e. The van der Waals surface area contributed by atoms with E-state index >= 15 is 0 Å². The van der Waals surface area contributed by atoms with Crippen LogP contribution in [0, 0.1) is 11.3 Å². The lowest BCUT2D eigenvalue weighted by Crippen LogP contribution is -2.76. The number of hydrogen-bond acceptors (Lipinski definition) is 12. The summed E-state index contributed by atoms with van der Waals surface area (Å²) >= 11 is 0. The van der Waals surface area contributed by atoms with Gasteiger partial charge in [0.2, 0.25) is 11.6 Å². The molecule has 0 saturated carbocycles. The maximum atomic E-state index is 13.9. The first-order chi connectivity index (χ1) is 20.4. The molecule has 1 fully saturated rings. The highest BCUT2D eigenvalue weighted by molar-refractivity contribution is 6.26. The minimum atomic E-state index is -1.53. The fourth-order valence-electron chi connectivity index (χ4n) is 7.24. The summed E-state index contributed by atoms with van der Waals surface area (Å²) < 4.78 is 16.2. The second-order valence-electron chi connectivity index (χ2n) is 11.3. The molecule has 226 valence electrons. The average Bonchev–Trinajstić information content (AvgIpc) is 2.98. The number of hydrogen-bond donors (Lipinski definition) is 1. The Bertz CT molecular complexity index is 1590. The van der Waals surface area contributed by atoms with E-state index in [1.165, 1.54) is 28.1 Å². The monoisotopic (exact) mass is 591 g/mol. The lowest BCUT2D eigenvalue weighted by Gasteiger charge is -2.61. The molecule has 6 atom stereocenters.